The molecule has 0 amide bonds. The van der Waals surface area contributed by atoms with Crippen LogP contribution in [-0.2, 0) is 0 Å². The topological polar surface area (TPSA) is 30.7 Å². The lowest BCUT2D eigenvalue weighted by Gasteiger charge is -2.12. The Morgan fingerprint density at radius 3 is 1.74 bits per heavy atom. The van der Waals surface area contributed by atoms with Crippen LogP contribution in [0.2, 0.25) is 0 Å². The second-order valence-electron chi connectivity index (χ2n) is 11.1. The van der Waals surface area contributed by atoms with Gasteiger partial charge in [0.1, 0.15) is 0 Å². The Hall–Kier alpha value is -5.80. The van der Waals surface area contributed by atoms with E-state index in [4.69, 9.17) is 9.97 Å². The highest BCUT2D eigenvalue weighted by molar-refractivity contribution is 6.11. The number of para-hydroxylation sites is 3. The van der Waals surface area contributed by atoms with E-state index in [1.54, 1.807) is 0 Å². The van der Waals surface area contributed by atoms with E-state index in [1.165, 1.54) is 49.0 Å². The van der Waals surface area contributed by atoms with Crippen LogP contribution in [0.4, 0.5) is 0 Å². The predicted molar refractivity (Wildman–Crippen MR) is 180 cm³/mol. The third-order valence-corrected chi connectivity index (χ3v) is 8.57. The summed E-state index contributed by atoms with van der Waals surface area (Å²) in [6.45, 7) is 0. The van der Waals surface area contributed by atoms with Gasteiger partial charge < -0.3 is 4.57 Å². The fourth-order valence-electron chi connectivity index (χ4n) is 6.56. The van der Waals surface area contributed by atoms with Crippen molar-refractivity contribution in [2.24, 2.45) is 0 Å². The molecule has 0 saturated heterocycles. The van der Waals surface area contributed by atoms with Gasteiger partial charge in [0.05, 0.1) is 22.2 Å². The molecule has 7 aromatic carbocycles. The first-order chi connectivity index (χ1) is 21.3. The lowest BCUT2D eigenvalue weighted by Crippen LogP contribution is -1.95. The first-order valence-electron chi connectivity index (χ1n) is 14.6. The summed E-state index contributed by atoms with van der Waals surface area (Å²) >= 11 is 0. The van der Waals surface area contributed by atoms with E-state index in [0.717, 1.165) is 33.5 Å². The molecule has 0 N–H and O–H groups in total. The fourth-order valence-corrected chi connectivity index (χ4v) is 6.56. The van der Waals surface area contributed by atoms with Gasteiger partial charge >= 0.3 is 0 Å². The maximum Gasteiger partial charge on any atom is 0.160 e. The van der Waals surface area contributed by atoms with Crippen LogP contribution < -0.4 is 0 Å². The summed E-state index contributed by atoms with van der Waals surface area (Å²) in [4.78, 5) is 9.98. The van der Waals surface area contributed by atoms with Crippen LogP contribution in [0.3, 0.4) is 0 Å². The molecule has 0 aliphatic heterocycles. The highest BCUT2D eigenvalue weighted by Crippen LogP contribution is 2.36. The summed E-state index contributed by atoms with van der Waals surface area (Å²) in [5.74, 6) is 0.741. The average molecular weight is 548 g/mol. The summed E-state index contributed by atoms with van der Waals surface area (Å²) in [5.41, 5.74) is 7.61. The van der Waals surface area contributed by atoms with Crippen molar-refractivity contribution in [3.8, 4) is 28.3 Å². The van der Waals surface area contributed by atoms with Crippen molar-refractivity contribution in [1.82, 2.24) is 14.5 Å². The van der Waals surface area contributed by atoms with Crippen molar-refractivity contribution >= 4 is 54.3 Å². The molecule has 0 spiro atoms. The van der Waals surface area contributed by atoms with Gasteiger partial charge in [-0.2, -0.15) is 0 Å². The Balaban J connectivity index is 1.20. The van der Waals surface area contributed by atoms with Crippen LogP contribution in [0.1, 0.15) is 0 Å². The summed E-state index contributed by atoms with van der Waals surface area (Å²) in [6, 6.07) is 53.8. The van der Waals surface area contributed by atoms with Crippen molar-refractivity contribution in [3.63, 3.8) is 0 Å². The standard InChI is InChI=1S/C40H25N3/c1-2-10-26(11-3-1)40-41-36-15-7-4-14-35(36)39(42-40)29-20-22-31-27(24-29)18-19-28-25-30(21-23-32(28)31)43-37-16-8-5-12-33(37)34-13-6-9-17-38(34)43/h1-25H. The van der Waals surface area contributed by atoms with Crippen LogP contribution in [0.15, 0.2) is 152 Å². The molecule has 3 heteroatoms. The largest absolute Gasteiger partial charge is 0.309 e. The number of benzene rings is 7. The minimum absolute atomic E-state index is 0.741. The predicted octanol–water partition coefficient (Wildman–Crippen LogP) is 10.4. The van der Waals surface area contributed by atoms with Gasteiger partial charge in [0.2, 0.25) is 0 Å². The molecule has 9 rings (SSSR count). The smallest absolute Gasteiger partial charge is 0.160 e. The molecule has 0 aliphatic rings. The molecule has 0 radical (unpaired) electrons. The number of rotatable bonds is 3. The summed E-state index contributed by atoms with van der Waals surface area (Å²) in [7, 11) is 0. The molecule has 2 heterocycles. The van der Waals surface area contributed by atoms with Crippen LogP contribution in [0.5, 0.6) is 0 Å². The quantitative estimate of drug-likeness (QED) is 0.206. The molecule has 0 fully saturated rings. The Morgan fingerprint density at radius 2 is 1.00 bits per heavy atom. The monoisotopic (exact) mass is 547 g/mol. The van der Waals surface area contributed by atoms with Gasteiger partial charge in [0.25, 0.3) is 0 Å². The van der Waals surface area contributed by atoms with E-state index < -0.39 is 0 Å². The Bertz CT molecular complexity index is 2450. The minimum Gasteiger partial charge on any atom is -0.309 e. The Kier molecular flexibility index (Phi) is 5.20. The minimum atomic E-state index is 0.741. The van der Waals surface area contributed by atoms with Gasteiger partial charge in [0, 0.05) is 33.0 Å². The van der Waals surface area contributed by atoms with Gasteiger partial charge in [-0.15, -0.1) is 0 Å². The SMILES string of the molecule is c1ccc(-c2nc(-c3ccc4c(ccc5cc(-n6c7ccccc7c7ccccc76)ccc54)c3)c3ccccc3n2)cc1. The number of fused-ring (bicyclic) bond motifs is 7. The zero-order chi connectivity index (χ0) is 28.3. The maximum atomic E-state index is 5.09. The van der Waals surface area contributed by atoms with Gasteiger partial charge in [-0.3, -0.25) is 0 Å². The summed E-state index contributed by atoms with van der Waals surface area (Å²) in [6.07, 6.45) is 0. The van der Waals surface area contributed by atoms with E-state index in [1.807, 2.05) is 24.3 Å². The summed E-state index contributed by atoms with van der Waals surface area (Å²) < 4.78 is 2.38. The zero-order valence-electron chi connectivity index (χ0n) is 23.3. The molecule has 9 aromatic rings. The van der Waals surface area contributed by atoms with E-state index in [0.29, 0.717) is 0 Å². The van der Waals surface area contributed by atoms with Crippen LogP contribution in [0, 0.1) is 0 Å². The zero-order valence-corrected chi connectivity index (χ0v) is 23.3. The first kappa shape index (κ1) is 23.9. The molecule has 3 nitrogen and oxygen atoms in total. The molecule has 0 saturated carbocycles. The highest BCUT2D eigenvalue weighted by atomic mass is 15.0. The lowest BCUT2D eigenvalue weighted by molar-refractivity contribution is 1.19. The van der Waals surface area contributed by atoms with Gasteiger partial charge in [-0.25, -0.2) is 9.97 Å². The second-order valence-corrected chi connectivity index (χ2v) is 11.1. The molecule has 0 unspecified atom stereocenters. The van der Waals surface area contributed by atoms with E-state index in [-0.39, 0.29) is 0 Å². The van der Waals surface area contributed by atoms with Gasteiger partial charge in [0.15, 0.2) is 5.82 Å². The van der Waals surface area contributed by atoms with Crippen molar-refractivity contribution in [3.05, 3.63) is 152 Å². The number of hydrogen-bond donors (Lipinski definition) is 0. The van der Waals surface area contributed by atoms with E-state index in [2.05, 4.69) is 132 Å². The van der Waals surface area contributed by atoms with Crippen molar-refractivity contribution in [2.45, 2.75) is 0 Å². The number of nitrogens with zero attached hydrogens (tertiary/aromatic N) is 3. The van der Waals surface area contributed by atoms with Gasteiger partial charge in [-0.05, 0) is 57.9 Å². The molecular weight excluding hydrogens is 522 g/mol. The molecule has 2 aromatic heterocycles. The highest BCUT2D eigenvalue weighted by Gasteiger charge is 2.14. The van der Waals surface area contributed by atoms with E-state index in [9.17, 15) is 0 Å². The Morgan fingerprint density at radius 1 is 0.395 bits per heavy atom. The van der Waals surface area contributed by atoms with Crippen molar-refractivity contribution < 1.29 is 0 Å². The lowest BCUT2D eigenvalue weighted by atomic mass is 9.97. The number of hydrogen-bond acceptors (Lipinski definition) is 2. The molecule has 200 valence electrons. The Labute approximate surface area is 248 Å². The fraction of sp³-hybridized carbons (Fsp3) is 0. The molecule has 0 bridgehead atoms. The average Bonchev–Trinajstić information content (AvgIpc) is 3.42. The summed E-state index contributed by atoms with van der Waals surface area (Å²) in [5, 5.41) is 8.49. The van der Waals surface area contributed by atoms with Crippen LogP contribution in [-0.4, -0.2) is 14.5 Å². The normalized spacial score (nSPS) is 11.7. The molecule has 0 atom stereocenters. The third kappa shape index (κ3) is 3.75. The van der Waals surface area contributed by atoms with Crippen molar-refractivity contribution in [2.75, 3.05) is 0 Å². The van der Waals surface area contributed by atoms with Gasteiger partial charge in [-0.1, -0.05) is 115 Å². The third-order valence-electron chi connectivity index (χ3n) is 8.57. The molecule has 0 aliphatic carbocycles. The molecular formula is C40H25N3. The van der Waals surface area contributed by atoms with Crippen LogP contribution in [0.25, 0.3) is 82.6 Å². The van der Waals surface area contributed by atoms with Crippen molar-refractivity contribution in [1.29, 1.82) is 0 Å². The molecule has 43 heavy (non-hydrogen) atoms. The number of aromatic nitrogens is 3. The van der Waals surface area contributed by atoms with E-state index >= 15 is 0 Å². The van der Waals surface area contributed by atoms with Crippen LogP contribution >= 0.6 is 0 Å². The first-order valence-corrected chi connectivity index (χ1v) is 14.6. The second kappa shape index (κ2) is 9.37. The maximum absolute atomic E-state index is 5.09.